The van der Waals surface area contributed by atoms with E-state index in [9.17, 15) is 14.4 Å². The number of aromatic nitrogens is 1. The summed E-state index contributed by atoms with van der Waals surface area (Å²) in [6.45, 7) is 1.32. The van der Waals surface area contributed by atoms with Gasteiger partial charge in [0.15, 0.2) is 0 Å². The average molecular weight is 221 g/mol. The molecule has 6 nitrogen and oxygen atoms in total. The van der Waals surface area contributed by atoms with Crippen LogP contribution in [0.15, 0.2) is 24.4 Å². The molecule has 0 spiro atoms. The van der Waals surface area contributed by atoms with Crippen LogP contribution in [0.1, 0.15) is 17.4 Å². The monoisotopic (exact) mass is 221 g/mol. The molecule has 0 bridgehead atoms. The predicted molar refractivity (Wildman–Crippen MR) is 55.1 cm³/mol. The molecule has 6 heteroatoms. The predicted octanol–water partition coefficient (Wildman–Crippen LogP) is -0.541. The van der Waals surface area contributed by atoms with E-state index < -0.39 is 23.6 Å². The van der Waals surface area contributed by atoms with Crippen molar-refractivity contribution < 1.29 is 14.4 Å². The lowest BCUT2D eigenvalue weighted by molar-refractivity contribution is -0.132. The van der Waals surface area contributed by atoms with Gasteiger partial charge in [-0.1, -0.05) is 6.07 Å². The number of imide groups is 1. The van der Waals surface area contributed by atoms with Crippen LogP contribution in [0.3, 0.4) is 0 Å². The number of nitrogens with two attached hydrogens (primary N) is 1. The summed E-state index contributed by atoms with van der Waals surface area (Å²) < 4.78 is 0. The van der Waals surface area contributed by atoms with Crippen molar-refractivity contribution in [1.82, 2.24) is 10.3 Å². The van der Waals surface area contributed by atoms with Crippen LogP contribution in [0.25, 0.3) is 0 Å². The molecule has 0 aliphatic heterocycles. The lowest BCUT2D eigenvalue weighted by Crippen LogP contribution is -2.40. The first-order chi connectivity index (χ1) is 7.52. The van der Waals surface area contributed by atoms with Crippen molar-refractivity contribution in [2.75, 3.05) is 0 Å². The van der Waals surface area contributed by atoms with E-state index in [-0.39, 0.29) is 5.69 Å². The summed E-state index contributed by atoms with van der Waals surface area (Å²) in [5, 5.41) is 2.04. The van der Waals surface area contributed by atoms with Crippen LogP contribution in [0.5, 0.6) is 0 Å². The highest BCUT2D eigenvalue weighted by Gasteiger charge is 2.21. The van der Waals surface area contributed by atoms with Crippen LogP contribution in [-0.4, -0.2) is 22.7 Å². The van der Waals surface area contributed by atoms with Gasteiger partial charge in [0.2, 0.25) is 11.8 Å². The zero-order valence-corrected chi connectivity index (χ0v) is 8.64. The largest absolute Gasteiger partial charge is 0.369 e. The summed E-state index contributed by atoms with van der Waals surface area (Å²) in [7, 11) is 0. The lowest BCUT2D eigenvalue weighted by atomic mass is 10.1. The number of nitrogens with one attached hydrogen (secondary N) is 1. The van der Waals surface area contributed by atoms with Crippen molar-refractivity contribution in [2.45, 2.75) is 6.92 Å². The van der Waals surface area contributed by atoms with Crippen LogP contribution in [0, 0.1) is 5.92 Å². The standard InChI is InChI=1S/C10H11N3O3/c1-6(8(11)14)9(15)13-10(16)7-4-2-3-5-12-7/h2-6H,1H3,(H2,11,14)(H,13,15,16). The van der Waals surface area contributed by atoms with E-state index in [1.807, 2.05) is 5.32 Å². The topological polar surface area (TPSA) is 102 Å². The maximum atomic E-state index is 11.4. The fraction of sp³-hybridized carbons (Fsp3) is 0.200. The van der Waals surface area contributed by atoms with Gasteiger partial charge in [0, 0.05) is 6.20 Å². The first-order valence-electron chi connectivity index (χ1n) is 4.58. The lowest BCUT2D eigenvalue weighted by Gasteiger charge is -2.06. The van der Waals surface area contributed by atoms with Crippen molar-refractivity contribution >= 4 is 17.7 Å². The van der Waals surface area contributed by atoms with Crippen molar-refractivity contribution in [2.24, 2.45) is 11.7 Å². The summed E-state index contributed by atoms with van der Waals surface area (Å²) in [5.41, 5.74) is 5.03. The van der Waals surface area contributed by atoms with Gasteiger partial charge in [-0.05, 0) is 19.1 Å². The fourth-order valence-corrected chi connectivity index (χ4v) is 0.910. The Kier molecular flexibility index (Phi) is 3.71. The quantitative estimate of drug-likeness (QED) is 0.669. The Morgan fingerprint density at radius 3 is 2.56 bits per heavy atom. The molecular weight excluding hydrogens is 210 g/mol. The van der Waals surface area contributed by atoms with E-state index in [4.69, 9.17) is 5.73 Å². The Morgan fingerprint density at radius 1 is 1.38 bits per heavy atom. The average Bonchev–Trinajstić information content (AvgIpc) is 2.28. The third kappa shape index (κ3) is 2.88. The molecular formula is C10H11N3O3. The van der Waals surface area contributed by atoms with E-state index in [0.717, 1.165) is 0 Å². The molecule has 1 aromatic heterocycles. The molecule has 0 aliphatic carbocycles. The highest BCUT2D eigenvalue weighted by Crippen LogP contribution is 1.96. The Labute approximate surface area is 91.9 Å². The third-order valence-corrected chi connectivity index (χ3v) is 1.95. The van der Waals surface area contributed by atoms with Crippen molar-refractivity contribution in [3.05, 3.63) is 30.1 Å². The van der Waals surface area contributed by atoms with Gasteiger partial charge in [0.05, 0.1) is 0 Å². The maximum absolute atomic E-state index is 11.4. The molecule has 16 heavy (non-hydrogen) atoms. The molecule has 1 rings (SSSR count). The number of nitrogens with zero attached hydrogens (tertiary/aromatic N) is 1. The summed E-state index contributed by atoms with van der Waals surface area (Å²) in [6.07, 6.45) is 1.43. The van der Waals surface area contributed by atoms with Crippen LogP contribution in [0.2, 0.25) is 0 Å². The van der Waals surface area contributed by atoms with Gasteiger partial charge in [-0.2, -0.15) is 0 Å². The highest BCUT2D eigenvalue weighted by molar-refractivity contribution is 6.09. The fourth-order valence-electron chi connectivity index (χ4n) is 0.910. The molecule has 0 aliphatic rings. The van der Waals surface area contributed by atoms with Crippen LogP contribution < -0.4 is 11.1 Å². The van der Waals surface area contributed by atoms with Crippen molar-refractivity contribution in [3.8, 4) is 0 Å². The minimum Gasteiger partial charge on any atom is -0.369 e. The molecule has 1 atom stereocenters. The number of carbonyl (C=O) groups excluding carboxylic acids is 3. The molecule has 0 fully saturated rings. The molecule has 0 aromatic carbocycles. The summed E-state index contributed by atoms with van der Waals surface area (Å²) >= 11 is 0. The van der Waals surface area contributed by atoms with Crippen LogP contribution in [-0.2, 0) is 9.59 Å². The molecule has 3 amide bonds. The summed E-state index contributed by atoms with van der Waals surface area (Å²) in [5.74, 6) is -3.22. The van der Waals surface area contributed by atoms with Gasteiger partial charge in [0.25, 0.3) is 5.91 Å². The van der Waals surface area contributed by atoms with Crippen LogP contribution in [0.4, 0.5) is 0 Å². The summed E-state index contributed by atoms with van der Waals surface area (Å²) in [6, 6.07) is 4.71. The molecule has 0 saturated carbocycles. The second kappa shape index (κ2) is 5.01. The number of hydrogen-bond acceptors (Lipinski definition) is 4. The number of hydrogen-bond donors (Lipinski definition) is 2. The Bertz CT molecular complexity index is 417. The Hall–Kier alpha value is -2.24. The number of pyridine rings is 1. The normalized spacial score (nSPS) is 11.6. The third-order valence-electron chi connectivity index (χ3n) is 1.95. The van der Waals surface area contributed by atoms with Crippen molar-refractivity contribution in [3.63, 3.8) is 0 Å². The molecule has 1 heterocycles. The van der Waals surface area contributed by atoms with Gasteiger partial charge in [-0.15, -0.1) is 0 Å². The molecule has 1 aromatic rings. The Morgan fingerprint density at radius 2 is 2.06 bits per heavy atom. The molecule has 84 valence electrons. The van der Waals surface area contributed by atoms with Gasteiger partial charge >= 0.3 is 0 Å². The maximum Gasteiger partial charge on any atom is 0.276 e. The van der Waals surface area contributed by atoms with E-state index in [1.54, 1.807) is 12.1 Å². The second-order valence-corrected chi connectivity index (χ2v) is 3.16. The second-order valence-electron chi connectivity index (χ2n) is 3.16. The highest BCUT2D eigenvalue weighted by atomic mass is 16.2. The minimum atomic E-state index is -1.05. The molecule has 0 radical (unpaired) electrons. The molecule has 1 unspecified atom stereocenters. The van der Waals surface area contributed by atoms with E-state index in [1.165, 1.54) is 19.2 Å². The van der Waals surface area contributed by atoms with Crippen LogP contribution >= 0.6 is 0 Å². The first kappa shape index (κ1) is 11.8. The minimum absolute atomic E-state index is 0.104. The smallest absolute Gasteiger partial charge is 0.276 e. The zero-order chi connectivity index (χ0) is 12.1. The van der Waals surface area contributed by atoms with Crippen molar-refractivity contribution in [1.29, 1.82) is 0 Å². The van der Waals surface area contributed by atoms with Gasteiger partial charge < -0.3 is 5.73 Å². The number of carbonyl (C=O) groups is 3. The molecule has 0 saturated heterocycles. The molecule has 3 N–H and O–H groups in total. The number of rotatable bonds is 3. The SMILES string of the molecule is CC(C(N)=O)C(=O)NC(=O)c1ccccn1. The van der Waals surface area contributed by atoms with Gasteiger partial charge in [0.1, 0.15) is 11.6 Å². The van der Waals surface area contributed by atoms with E-state index >= 15 is 0 Å². The zero-order valence-electron chi connectivity index (χ0n) is 8.64. The first-order valence-corrected chi connectivity index (χ1v) is 4.58. The Balaban J connectivity index is 2.66. The number of primary amides is 1. The van der Waals surface area contributed by atoms with Gasteiger partial charge in [-0.3, -0.25) is 24.7 Å². The summed E-state index contributed by atoms with van der Waals surface area (Å²) in [4.78, 5) is 37.2. The van der Waals surface area contributed by atoms with Gasteiger partial charge in [-0.25, -0.2) is 0 Å². The van der Waals surface area contributed by atoms with E-state index in [2.05, 4.69) is 4.98 Å². The van der Waals surface area contributed by atoms with E-state index in [0.29, 0.717) is 0 Å². The number of amides is 3.